The first-order valence-electron chi connectivity index (χ1n) is 9.81. The zero-order valence-corrected chi connectivity index (χ0v) is 17.3. The van der Waals surface area contributed by atoms with Crippen LogP contribution in [0.15, 0.2) is 54.7 Å². The molecule has 5 rings (SSSR count). The summed E-state index contributed by atoms with van der Waals surface area (Å²) in [6, 6.07) is 16.7. The quantitative estimate of drug-likeness (QED) is 0.297. The number of benzene rings is 2. The Labute approximate surface area is 177 Å². The number of rotatable bonds is 6. The van der Waals surface area contributed by atoms with Crippen LogP contribution in [-0.4, -0.2) is 26.7 Å². The third-order valence-electron chi connectivity index (χ3n) is 4.81. The molecule has 0 aliphatic rings. The van der Waals surface area contributed by atoms with Crippen LogP contribution in [-0.2, 0) is 0 Å². The number of aromatic amines is 1. The van der Waals surface area contributed by atoms with Gasteiger partial charge in [-0.05, 0) is 36.1 Å². The zero-order valence-electron chi connectivity index (χ0n) is 16.4. The van der Waals surface area contributed by atoms with Crippen LogP contribution in [0, 0.1) is 0 Å². The van der Waals surface area contributed by atoms with Crippen LogP contribution in [0.5, 0.6) is 0 Å². The smallest absolute Gasteiger partial charge is 0.223 e. The summed E-state index contributed by atoms with van der Waals surface area (Å²) < 4.78 is 1.26. The number of thiophene rings is 1. The second-order valence-corrected chi connectivity index (χ2v) is 8.14. The molecule has 8 heteroatoms. The van der Waals surface area contributed by atoms with Gasteiger partial charge in [0.1, 0.15) is 11.6 Å². The molecule has 3 aromatic heterocycles. The van der Waals surface area contributed by atoms with E-state index < -0.39 is 0 Å². The van der Waals surface area contributed by atoms with Crippen molar-refractivity contribution in [3.05, 3.63) is 54.7 Å². The van der Waals surface area contributed by atoms with E-state index in [0.717, 1.165) is 35.1 Å². The molecule has 0 amide bonds. The lowest BCUT2D eigenvalue weighted by Crippen LogP contribution is -2.06. The highest BCUT2D eigenvalue weighted by Crippen LogP contribution is 2.38. The maximum Gasteiger partial charge on any atom is 0.223 e. The molecule has 0 saturated carbocycles. The summed E-state index contributed by atoms with van der Waals surface area (Å²) in [6.45, 7) is 2.93. The number of anilines is 4. The minimum Gasteiger partial charge on any atom is -0.370 e. The van der Waals surface area contributed by atoms with E-state index in [1.165, 1.54) is 15.0 Å². The van der Waals surface area contributed by atoms with Crippen molar-refractivity contribution in [2.45, 2.75) is 13.3 Å². The molecule has 150 valence electrons. The summed E-state index contributed by atoms with van der Waals surface area (Å²) in [5, 5.41) is 16.3. The molecule has 0 radical (unpaired) electrons. The Bertz CT molecular complexity index is 1310. The molecule has 0 aliphatic carbocycles. The number of hydrogen-bond donors (Lipinski definition) is 4. The highest BCUT2D eigenvalue weighted by atomic mass is 32.1. The van der Waals surface area contributed by atoms with Gasteiger partial charge in [0.25, 0.3) is 0 Å². The summed E-state index contributed by atoms with van der Waals surface area (Å²) in [4.78, 5) is 9.77. The zero-order chi connectivity index (χ0) is 20.5. The summed E-state index contributed by atoms with van der Waals surface area (Å²) in [6.07, 6.45) is 2.84. The van der Waals surface area contributed by atoms with E-state index in [0.29, 0.717) is 11.6 Å². The molecule has 0 atom stereocenters. The van der Waals surface area contributed by atoms with E-state index >= 15 is 0 Å². The molecule has 0 unspecified atom stereocenters. The lowest BCUT2D eigenvalue weighted by molar-refractivity contribution is 0.967. The molecule has 0 aliphatic heterocycles. The van der Waals surface area contributed by atoms with Gasteiger partial charge in [0.05, 0.1) is 11.7 Å². The maximum absolute atomic E-state index is 5.91. The number of nitrogens with zero attached hydrogens (tertiary/aromatic N) is 3. The molecule has 0 spiro atoms. The van der Waals surface area contributed by atoms with Gasteiger partial charge in [-0.15, -0.1) is 11.3 Å². The van der Waals surface area contributed by atoms with Crippen molar-refractivity contribution in [1.82, 2.24) is 20.2 Å². The van der Waals surface area contributed by atoms with Crippen LogP contribution >= 0.6 is 11.3 Å². The average molecular weight is 416 g/mol. The Hall–Kier alpha value is -3.65. The van der Waals surface area contributed by atoms with E-state index in [2.05, 4.69) is 74.1 Å². The van der Waals surface area contributed by atoms with Gasteiger partial charge in [-0.25, -0.2) is 0 Å². The summed E-state index contributed by atoms with van der Waals surface area (Å²) in [5.41, 5.74) is 8.93. The second-order valence-electron chi connectivity index (χ2n) is 7.05. The van der Waals surface area contributed by atoms with Gasteiger partial charge < -0.3 is 16.4 Å². The van der Waals surface area contributed by atoms with Crippen LogP contribution in [0.3, 0.4) is 0 Å². The van der Waals surface area contributed by atoms with E-state index in [9.17, 15) is 0 Å². The Balaban J connectivity index is 1.55. The van der Waals surface area contributed by atoms with Gasteiger partial charge in [-0.2, -0.15) is 15.1 Å². The van der Waals surface area contributed by atoms with Gasteiger partial charge in [-0.1, -0.05) is 25.1 Å². The van der Waals surface area contributed by atoms with E-state index in [1.807, 2.05) is 18.3 Å². The highest BCUT2D eigenvalue weighted by Gasteiger charge is 2.12. The molecule has 30 heavy (non-hydrogen) atoms. The van der Waals surface area contributed by atoms with Crippen molar-refractivity contribution in [1.29, 1.82) is 0 Å². The van der Waals surface area contributed by atoms with E-state index in [1.54, 1.807) is 11.3 Å². The third kappa shape index (κ3) is 3.53. The number of nitrogen functional groups attached to an aromatic ring is 1. The van der Waals surface area contributed by atoms with Crippen molar-refractivity contribution in [2.24, 2.45) is 0 Å². The van der Waals surface area contributed by atoms with E-state index in [-0.39, 0.29) is 5.95 Å². The van der Waals surface area contributed by atoms with Gasteiger partial charge in [0, 0.05) is 38.8 Å². The molecule has 2 aromatic carbocycles. The van der Waals surface area contributed by atoms with Crippen molar-refractivity contribution in [2.75, 3.05) is 22.9 Å². The van der Waals surface area contributed by atoms with Crippen molar-refractivity contribution >= 4 is 55.6 Å². The van der Waals surface area contributed by atoms with Crippen molar-refractivity contribution in [3.8, 4) is 10.4 Å². The molecule has 0 saturated heterocycles. The number of hydrogen-bond acceptors (Lipinski definition) is 7. The number of fused-ring (bicyclic) bond motifs is 2. The first-order valence-corrected chi connectivity index (χ1v) is 10.6. The second kappa shape index (κ2) is 7.64. The third-order valence-corrected chi connectivity index (χ3v) is 5.96. The van der Waals surface area contributed by atoms with Crippen LogP contribution in [0.1, 0.15) is 13.3 Å². The lowest BCUT2D eigenvalue weighted by Gasteiger charge is -2.11. The van der Waals surface area contributed by atoms with Crippen LogP contribution in [0.4, 0.5) is 23.3 Å². The average Bonchev–Trinajstić information content (AvgIpc) is 3.38. The van der Waals surface area contributed by atoms with Gasteiger partial charge in [0.2, 0.25) is 5.95 Å². The van der Waals surface area contributed by atoms with Crippen molar-refractivity contribution in [3.63, 3.8) is 0 Å². The Morgan fingerprint density at radius 3 is 2.77 bits per heavy atom. The first kappa shape index (κ1) is 18.4. The van der Waals surface area contributed by atoms with Gasteiger partial charge in [-0.3, -0.25) is 5.10 Å². The molecular weight excluding hydrogens is 394 g/mol. The fourth-order valence-electron chi connectivity index (χ4n) is 3.46. The fourth-order valence-corrected chi connectivity index (χ4v) is 4.55. The van der Waals surface area contributed by atoms with Crippen LogP contribution < -0.4 is 16.4 Å². The fraction of sp³-hybridized carbons (Fsp3) is 0.136. The lowest BCUT2D eigenvalue weighted by atomic mass is 10.1. The topological polar surface area (TPSA) is 105 Å². The standard InChI is InChI=1S/C22H21N7S/c1-2-7-24-19-11-20(28-22(23)27-19)26-15-8-14-12-25-29-21(14)16(10-15)18-9-13-5-3-4-6-17(13)30-18/h3-6,8-12H,2,7H2,1H3,(H,25,29)(H4,23,24,26,27,28). The summed E-state index contributed by atoms with van der Waals surface area (Å²) >= 11 is 1.77. The summed E-state index contributed by atoms with van der Waals surface area (Å²) in [7, 11) is 0. The maximum atomic E-state index is 5.91. The molecule has 5 N–H and O–H groups in total. The highest BCUT2D eigenvalue weighted by molar-refractivity contribution is 7.22. The number of nitrogens with two attached hydrogens (primary N) is 1. The Morgan fingerprint density at radius 1 is 1.03 bits per heavy atom. The summed E-state index contributed by atoms with van der Waals surface area (Å²) in [5.74, 6) is 1.58. The number of nitrogens with one attached hydrogen (secondary N) is 3. The molecular formula is C22H21N7S. The Morgan fingerprint density at radius 2 is 1.90 bits per heavy atom. The number of H-pyrrole nitrogens is 1. The van der Waals surface area contributed by atoms with Crippen molar-refractivity contribution < 1.29 is 0 Å². The van der Waals surface area contributed by atoms with Crippen LogP contribution in [0.25, 0.3) is 31.4 Å². The minimum atomic E-state index is 0.229. The minimum absolute atomic E-state index is 0.229. The SMILES string of the molecule is CCCNc1cc(Nc2cc(-c3cc4ccccc4s3)c3[nH]ncc3c2)nc(N)n1. The number of aromatic nitrogens is 4. The molecule has 3 heterocycles. The molecule has 5 aromatic rings. The Kier molecular flexibility index (Phi) is 4.68. The van der Waals surface area contributed by atoms with E-state index in [4.69, 9.17) is 5.73 Å². The molecule has 0 bridgehead atoms. The first-order chi connectivity index (χ1) is 14.7. The monoisotopic (exact) mass is 415 g/mol. The predicted molar refractivity (Wildman–Crippen MR) is 125 cm³/mol. The van der Waals surface area contributed by atoms with Crippen LogP contribution in [0.2, 0.25) is 0 Å². The normalized spacial score (nSPS) is 11.2. The predicted octanol–water partition coefficient (Wildman–Crippen LogP) is 5.38. The van der Waals surface area contributed by atoms with Gasteiger partial charge >= 0.3 is 0 Å². The molecule has 7 nitrogen and oxygen atoms in total. The largest absolute Gasteiger partial charge is 0.370 e. The molecule has 0 fully saturated rings. The van der Waals surface area contributed by atoms with Gasteiger partial charge in [0.15, 0.2) is 0 Å².